The zero-order valence-corrected chi connectivity index (χ0v) is 23.7. The van der Waals surface area contributed by atoms with Crippen LogP contribution in [0.3, 0.4) is 0 Å². The predicted molar refractivity (Wildman–Crippen MR) is 131 cm³/mol. The van der Waals surface area contributed by atoms with Crippen molar-refractivity contribution in [2.45, 2.75) is 55.0 Å². The van der Waals surface area contributed by atoms with E-state index < -0.39 is 0 Å². The van der Waals surface area contributed by atoms with E-state index in [1.165, 1.54) is 66.6 Å². The number of hydrogen-bond donors (Lipinski definition) is 0. The Morgan fingerprint density at radius 2 is 1.42 bits per heavy atom. The molecule has 0 saturated heterocycles. The Balaban J connectivity index is 0.00000193. The second-order valence-electron chi connectivity index (χ2n) is 9.21. The molecule has 1 atom stereocenters. The van der Waals surface area contributed by atoms with E-state index in [0.717, 1.165) is 6.54 Å². The van der Waals surface area contributed by atoms with Crippen LogP contribution < -0.4 is 28.2 Å². The van der Waals surface area contributed by atoms with E-state index in [-0.39, 0.29) is 24.8 Å². The second kappa shape index (κ2) is 10.8. The zero-order valence-electron chi connectivity index (χ0n) is 20.6. The molecule has 0 bridgehead atoms. The van der Waals surface area contributed by atoms with Crippen molar-refractivity contribution in [2.75, 3.05) is 3.38 Å². The zero-order chi connectivity index (χ0) is 22.4. The van der Waals surface area contributed by atoms with Crippen molar-refractivity contribution in [2.24, 2.45) is 5.92 Å². The molecule has 1 aliphatic carbocycles. The summed E-state index contributed by atoms with van der Waals surface area (Å²) in [6.45, 7) is 16.8. The smallest absolute Gasteiger partial charge is 1.00 e. The third-order valence-corrected chi connectivity index (χ3v) is 7.79. The van der Waals surface area contributed by atoms with E-state index in [4.69, 9.17) is 0 Å². The van der Waals surface area contributed by atoms with Gasteiger partial charge in [-0.2, -0.15) is 0 Å². The van der Waals surface area contributed by atoms with Crippen LogP contribution in [0.5, 0.6) is 0 Å². The minimum absolute atomic E-state index is 0. The van der Waals surface area contributed by atoms with E-state index >= 15 is 0 Å². The van der Waals surface area contributed by atoms with Crippen LogP contribution in [0.4, 0.5) is 5.69 Å². The largest absolute Gasteiger partial charge is 1.00 e. The maximum absolute atomic E-state index is 2.44. The van der Waals surface area contributed by atoms with Crippen molar-refractivity contribution in [1.82, 2.24) is 0 Å². The fourth-order valence-corrected chi connectivity index (χ4v) is 6.19. The van der Waals surface area contributed by atoms with Crippen LogP contribution in [0, 0.1) is 26.7 Å². The van der Waals surface area contributed by atoms with Gasteiger partial charge in [-0.25, -0.2) is 0 Å². The van der Waals surface area contributed by atoms with Crippen molar-refractivity contribution >= 4 is 22.0 Å². The van der Waals surface area contributed by atoms with Crippen LogP contribution in [0.15, 0.2) is 65.3 Å². The molecule has 0 spiro atoms. The predicted octanol–water partition coefficient (Wildman–Crippen LogP) is 2.00. The quantitative estimate of drug-likeness (QED) is 0.483. The van der Waals surface area contributed by atoms with Gasteiger partial charge in [0.25, 0.3) is 0 Å². The van der Waals surface area contributed by atoms with Gasteiger partial charge in [0.2, 0.25) is 0 Å². The van der Waals surface area contributed by atoms with Crippen molar-refractivity contribution in [3.63, 3.8) is 0 Å². The first-order valence-electron chi connectivity index (χ1n) is 11.2. The number of anilines is 1. The molecule has 0 amide bonds. The summed E-state index contributed by atoms with van der Waals surface area (Å²) in [6.07, 6.45) is 0. The Hall–Kier alpha value is -1.51. The van der Waals surface area contributed by atoms with Crippen molar-refractivity contribution in [3.8, 4) is 0 Å². The second-order valence-corrected chi connectivity index (χ2v) is 10.1. The summed E-state index contributed by atoms with van der Waals surface area (Å²) in [7, 11) is 0. The van der Waals surface area contributed by atoms with Crippen LogP contribution in [-0.2, 0) is 27.2 Å². The summed E-state index contributed by atoms with van der Waals surface area (Å²) in [5, 5.41) is 2.68. The van der Waals surface area contributed by atoms with E-state index in [0.29, 0.717) is 5.92 Å². The molecule has 0 radical (unpaired) electrons. The van der Waals surface area contributed by atoms with Crippen LogP contribution >= 0.6 is 0 Å². The maximum atomic E-state index is 2.44. The Labute approximate surface area is 223 Å². The minimum atomic E-state index is 0. The Morgan fingerprint density at radius 1 is 0.818 bits per heavy atom. The van der Waals surface area contributed by atoms with Gasteiger partial charge >= 0.3 is 200 Å². The van der Waals surface area contributed by atoms with Gasteiger partial charge in [-0.15, -0.1) is 0 Å². The monoisotopic (exact) mass is 512 g/mol. The third kappa shape index (κ3) is 4.98. The topological polar surface area (TPSA) is 3.24 Å². The van der Waals surface area contributed by atoms with Crippen LogP contribution in [0.2, 0.25) is 0 Å². The molecule has 0 N–H and O–H groups in total. The summed E-state index contributed by atoms with van der Waals surface area (Å²) in [5.41, 5.74) is 14.1. The van der Waals surface area contributed by atoms with E-state index in [1.807, 2.05) is 0 Å². The molecule has 4 rings (SSSR count). The molecule has 0 heterocycles. The normalized spacial score (nSPS) is 15.6. The molecular weight excluding hydrogens is 481 g/mol. The average molecular weight is 513 g/mol. The molecule has 4 heteroatoms. The molecule has 1 aliphatic rings. The number of allylic oxidation sites excluding steroid dienone is 4. The number of hydrogen-bond acceptors (Lipinski definition) is 1. The first-order valence-corrected chi connectivity index (χ1v) is 11.9. The first kappa shape index (κ1) is 27.7. The van der Waals surface area contributed by atoms with Crippen LogP contribution in [-0.4, -0.2) is 0 Å². The number of aryl methyl sites for hydroxylation is 3. The van der Waals surface area contributed by atoms with Gasteiger partial charge in [-0.3, -0.25) is 0 Å². The summed E-state index contributed by atoms with van der Waals surface area (Å²) < 4.78 is 2.44. The van der Waals surface area contributed by atoms with Crippen LogP contribution in [0.25, 0.3) is 16.3 Å². The maximum Gasteiger partial charge on any atom is -1.00 e. The van der Waals surface area contributed by atoms with Gasteiger partial charge in [0.15, 0.2) is 0 Å². The SMILES string of the molecule is CC1=C(C)C(C)C(c2ccc3ccccc3c2C[N]([Ti+2])c2c(C)cc(C)cc2C)=C1C.[Cl-].[Cl-]. The molecule has 0 aromatic heterocycles. The summed E-state index contributed by atoms with van der Waals surface area (Å²) in [4.78, 5) is 0. The molecule has 1 unspecified atom stereocenters. The Kier molecular flexibility index (Phi) is 9.10. The van der Waals surface area contributed by atoms with Crippen LogP contribution in [0.1, 0.15) is 55.5 Å². The van der Waals surface area contributed by atoms with Gasteiger partial charge < -0.3 is 24.8 Å². The van der Waals surface area contributed by atoms with E-state index in [2.05, 4.69) is 121 Å². The van der Waals surface area contributed by atoms with Gasteiger partial charge in [-0.1, -0.05) is 0 Å². The van der Waals surface area contributed by atoms with Crippen molar-refractivity contribution in [3.05, 3.63) is 93.1 Å². The molecule has 0 fully saturated rings. The standard InChI is InChI=1S/C29H32N.2ClH.Ti/c1-17-14-18(2)29(19(3)15-17)30-16-27-25-11-9-8-10-24(25)12-13-26(27)28-22(6)20(4)21(5)23(28)7;;;/h8-15,22H,16H2,1-7H3;2*1H;/q-1;;;+3/p-2. The molecule has 1 nitrogen and oxygen atoms in total. The molecule has 3 aromatic rings. The molecule has 0 saturated carbocycles. The fourth-order valence-electron chi connectivity index (χ4n) is 5.39. The fraction of sp³-hybridized carbons (Fsp3) is 0.310. The van der Waals surface area contributed by atoms with Crippen molar-refractivity contribution < 1.29 is 45.5 Å². The number of nitrogens with zero attached hydrogens (tertiary/aromatic N) is 1. The minimum Gasteiger partial charge on any atom is -1.00 e. The molecule has 0 aliphatic heterocycles. The van der Waals surface area contributed by atoms with Gasteiger partial charge in [0.1, 0.15) is 0 Å². The van der Waals surface area contributed by atoms with Gasteiger partial charge in [-0.05, 0) is 0 Å². The molecule has 171 valence electrons. The number of fused-ring (bicyclic) bond motifs is 1. The molecule has 3 aromatic carbocycles. The summed E-state index contributed by atoms with van der Waals surface area (Å²) in [5.74, 6) is 0.466. The third-order valence-electron chi connectivity index (χ3n) is 7.19. The number of rotatable bonds is 4. The van der Waals surface area contributed by atoms with E-state index in [9.17, 15) is 0 Å². The summed E-state index contributed by atoms with van der Waals surface area (Å²) >= 11 is 2.24. The summed E-state index contributed by atoms with van der Waals surface area (Å²) in [6, 6.07) is 18.1. The Morgan fingerprint density at radius 3 is 2.00 bits per heavy atom. The van der Waals surface area contributed by atoms with E-state index in [1.54, 1.807) is 0 Å². The number of halogens is 2. The van der Waals surface area contributed by atoms with Gasteiger partial charge in [0.05, 0.1) is 0 Å². The molecule has 33 heavy (non-hydrogen) atoms. The Bertz CT molecular complexity index is 1230. The average Bonchev–Trinajstić information content (AvgIpc) is 2.90. The first-order chi connectivity index (χ1) is 14.7. The number of benzene rings is 3. The molecular formula is C29H32Cl2NTi. The van der Waals surface area contributed by atoms with Crippen molar-refractivity contribution in [1.29, 1.82) is 0 Å². The van der Waals surface area contributed by atoms with Gasteiger partial charge in [0, 0.05) is 0 Å².